The van der Waals surface area contributed by atoms with E-state index >= 15 is 0 Å². The van der Waals surface area contributed by atoms with Crippen molar-refractivity contribution in [3.05, 3.63) is 34.4 Å². The number of ether oxygens (including phenoxy) is 1. The molecule has 0 saturated carbocycles. The lowest BCUT2D eigenvalue weighted by Crippen LogP contribution is -2.42. The van der Waals surface area contributed by atoms with Crippen LogP contribution in [0.3, 0.4) is 0 Å². The van der Waals surface area contributed by atoms with Gasteiger partial charge in [-0.2, -0.15) is 0 Å². The van der Waals surface area contributed by atoms with Crippen LogP contribution >= 0.6 is 0 Å². The summed E-state index contributed by atoms with van der Waals surface area (Å²) in [5.74, 6) is 0. The van der Waals surface area contributed by atoms with Gasteiger partial charge in [0.2, 0.25) is 0 Å². The predicted molar refractivity (Wildman–Crippen MR) is 66.8 cm³/mol. The molecule has 0 spiro atoms. The fourth-order valence-electron chi connectivity index (χ4n) is 2.34. The first-order chi connectivity index (χ1) is 7.58. The first-order valence-corrected chi connectivity index (χ1v) is 5.99. The van der Waals surface area contributed by atoms with Crippen LogP contribution in [-0.4, -0.2) is 19.3 Å². The number of morpholine rings is 1. The molecule has 1 aromatic rings. The van der Waals surface area contributed by atoms with Gasteiger partial charge in [0.25, 0.3) is 0 Å². The third kappa shape index (κ3) is 2.28. The first-order valence-electron chi connectivity index (χ1n) is 5.99. The molecule has 0 amide bonds. The minimum absolute atomic E-state index is 0.350. The summed E-state index contributed by atoms with van der Waals surface area (Å²) in [5, 5.41) is 3.60. The van der Waals surface area contributed by atoms with Crippen molar-refractivity contribution in [3.63, 3.8) is 0 Å². The van der Waals surface area contributed by atoms with Crippen molar-refractivity contribution in [1.82, 2.24) is 5.32 Å². The van der Waals surface area contributed by atoms with Gasteiger partial charge in [0, 0.05) is 6.04 Å². The Bertz CT molecular complexity index is 387. The monoisotopic (exact) mass is 219 g/mol. The molecule has 1 N–H and O–H groups in total. The van der Waals surface area contributed by atoms with Crippen LogP contribution in [0.15, 0.2) is 12.1 Å². The molecule has 1 aliphatic rings. The van der Waals surface area contributed by atoms with E-state index in [1.54, 1.807) is 0 Å². The van der Waals surface area contributed by atoms with Gasteiger partial charge in [-0.15, -0.1) is 0 Å². The Labute approximate surface area is 98.0 Å². The second kappa shape index (κ2) is 4.56. The lowest BCUT2D eigenvalue weighted by Gasteiger charge is -2.30. The van der Waals surface area contributed by atoms with E-state index in [2.05, 4.69) is 45.1 Å². The zero-order chi connectivity index (χ0) is 11.7. The highest BCUT2D eigenvalue weighted by Crippen LogP contribution is 2.24. The maximum atomic E-state index is 5.61. The van der Waals surface area contributed by atoms with Gasteiger partial charge in [0.15, 0.2) is 0 Å². The van der Waals surface area contributed by atoms with Gasteiger partial charge in [-0.25, -0.2) is 0 Å². The van der Waals surface area contributed by atoms with Crippen molar-refractivity contribution in [3.8, 4) is 0 Å². The van der Waals surface area contributed by atoms with Gasteiger partial charge in [-0.1, -0.05) is 12.1 Å². The highest BCUT2D eigenvalue weighted by Gasteiger charge is 2.21. The SMILES string of the molecule is Cc1cc(C)c(C2COCC(C)N2)cc1C. The lowest BCUT2D eigenvalue weighted by atomic mass is 9.95. The van der Waals surface area contributed by atoms with Gasteiger partial charge >= 0.3 is 0 Å². The maximum absolute atomic E-state index is 5.61. The highest BCUT2D eigenvalue weighted by atomic mass is 16.5. The minimum atomic E-state index is 0.350. The molecular formula is C14H21NO. The molecule has 1 saturated heterocycles. The number of hydrogen-bond acceptors (Lipinski definition) is 2. The predicted octanol–water partition coefficient (Wildman–Crippen LogP) is 2.66. The molecule has 0 radical (unpaired) electrons. The van der Waals surface area contributed by atoms with Crippen molar-refractivity contribution >= 4 is 0 Å². The van der Waals surface area contributed by atoms with E-state index in [0.717, 1.165) is 13.2 Å². The fourth-order valence-corrected chi connectivity index (χ4v) is 2.34. The number of aryl methyl sites for hydroxylation is 3. The van der Waals surface area contributed by atoms with Crippen molar-refractivity contribution < 1.29 is 4.74 Å². The van der Waals surface area contributed by atoms with E-state index < -0.39 is 0 Å². The smallest absolute Gasteiger partial charge is 0.0662 e. The second-order valence-electron chi connectivity index (χ2n) is 4.95. The number of nitrogens with one attached hydrogen (secondary N) is 1. The summed E-state index contributed by atoms with van der Waals surface area (Å²) in [7, 11) is 0. The Balaban J connectivity index is 2.29. The van der Waals surface area contributed by atoms with Crippen LogP contribution in [0.4, 0.5) is 0 Å². The molecule has 2 nitrogen and oxygen atoms in total. The molecule has 88 valence electrons. The van der Waals surface area contributed by atoms with Crippen LogP contribution in [0, 0.1) is 20.8 Å². The number of rotatable bonds is 1. The molecule has 2 atom stereocenters. The lowest BCUT2D eigenvalue weighted by molar-refractivity contribution is 0.0502. The van der Waals surface area contributed by atoms with E-state index in [1.807, 2.05) is 0 Å². The largest absolute Gasteiger partial charge is 0.378 e. The van der Waals surface area contributed by atoms with Crippen molar-refractivity contribution in [1.29, 1.82) is 0 Å². The highest BCUT2D eigenvalue weighted by molar-refractivity contribution is 5.38. The Hall–Kier alpha value is -0.860. The topological polar surface area (TPSA) is 21.3 Å². The summed E-state index contributed by atoms with van der Waals surface area (Å²) in [6.07, 6.45) is 0. The molecule has 0 aromatic heterocycles. The van der Waals surface area contributed by atoms with Gasteiger partial charge in [0.05, 0.1) is 19.3 Å². The molecule has 0 bridgehead atoms. The van der Waals surface area contributed by atoms with Gasteiger partial charge in [0.1, 0.15) is 0 Å². The molecule has 1 aromatic carbocycles. The zero-order valence-corrected chi connectivity index (χ0v) is 10.6. The molecule has 2 unspecified atom stereocenters. The zero-order valence-electron chi connectivity index (χ0n) is 10.6. The van der Waals surface area contributed by atoms with E-state index in [-0.39, 0.29) is 0 Å². The minimum Gasteiger partial charge on any atom is -0.378 e. The van der Waals surface area contributed by atoms with Crippen molar-refractivity contribution in [2.24, 2.45) is 0 Å². The summed E-state index contributed by atoms with van der Waals surface area (Å²) in [6, 6.07) is 5.36. The molecule has 2 heteroatoms. The van der Waals surface area contributed by atoms with Crippen molar-refractivity contribution in [2.45, 2.75) is 39.8 Å². The van der Waals surface area contributed by atoms with Crippen molar-refractivity contribution in [2.75, 3.05) is 13.2 Å². The van der Waals surface area contributed by atoms with Crippen LogP contribution in [0.5, 0.6) is 0 Å². The van der Waals surface area contributed by atoms with Gasteiger partial charge in [-0.3, -0.25) is 0 Å². The standard InChI is InChI=1S/C14H21NO/c1-9-5-11(3)13(6-10(9)2)14-8-16-7-12(4)15-14/h5-6,12,14-15H,7-8H2,1-4H3. The quantitative estimate of drug-likeness (QED) is 0.784. The normalized spacial score (nSPS) is 25.8. The van der Waals surface area contributed by atoms with E-state index in [0.29, 0.717) is 12.1 Å². The van der Waals surface area contributed by atoms with Gasteiger partial charge < -0.3 is 10.1 Å². The average Bonchev–Trinajstić information content (AvgIpc) is 2.23. The average molecular weight is 219 g/mol. The summed E-state index contributed by atoms with van der Waals surface area (Å²) in [5.41, 5.74) is 5.47. The van der Waals surface area contributed by atoms with Crippen LogP contribution in [0.2, 0.25) is 0 Å². The van der Waals surface area contributed by atoms with Crippen LogP contribution in [-0.2, 0) is 4.74 Å². The van der Waals surface area contributed by atoms with E-state index in [1.165, 1.54) is 22.3 Å². The van der Waals surface area contributed by atoms with Crippen LogP contribution in [0.1, 0.15) is 35.2 Å². The van der Waals surface area contributed by atoms with E-state index in [4.69, 9.17) is 4.74 Å². The summed E-state index contributed by atoms with van der Waals surface area (Å²) in [4.78, 5) is 0. The van der Waals surface area contributed by atoms with Crippen LogP contribution < -0.4 is 5.32 Å². The maximum Gasteiger partial charge on any atom is 0.0662 e. The van der Waals surface area contributed by atoms with E-state index in [9.17, 15) is 0 Å². The Morgan fingerprint density at radius 1 is 1.06 bits per heavy atom. The Morgan fingerprint density at radius 3 is 2.44 bits per heavy atom. The third-order valence-electron chi connectivity index (χ3n) is 3.40. The summed E-state index contributed by atoms with van der Waals surface area (Å²) >= 11 is 0. The third-order valence-corrected chi connectivity index (χ3v) is 3.40. The Kier molecular flexibility index (Phi) is 3.31. The van der Waals surface area contributed by atoms with Gasteiger partial charge in [-0.05, 0) is 49.9 Å². The fraction of sp³-hybridized carbons (Fsp3) is 0.571. The number of benzene rings is 1. The summed E-state index contributed by atoms with van der Waals surface area (Å²) in [6.45, 7) is 10.3. The number of hydrogen-bond donors (Lipinski definition) is 1. The molecule has 0 aliphatic carbocycles. The second-order valence-corrected chi connectivity index (χ2v) is 4.95. The summed E-state index contributed by atoms with van der Waals surface area (Å²) < 4.78 is 5.61. The molecule has 1 fully saturated rings. The first kappa shape index (κ1) is 11.6. The Morgan fingerprint density at radius 2 is 1.75 bits per heavy atom. The molecule has 16 heavy (non-hydrogen) atoms. The van der Waals surface area contributed by atoms with Crippen LogP contribution in [0.25, 0.3) is 0 Å². The molecular weight excluding hydrogens is 198 g/mol. The molecule has 1 heterocycles. The molecule has 2 rings (SSSR count). The molecule has 1 aliphatic heterocycles.